The number of benzene rings is 1. The molecule has 0 amide bonds. The molecule has 0 aliphatic heterocycles. The number of nitrogens with zero attached hydrogens (tertiary/aromatic N) is 1. The van der Waals surface area contributed by atoms with Crippen molar-refractivity contribution in [3.63, 3.8) is 0 Å². The summed E-state index contributed by atoms with van der Waals surface area (Å²) in [5.41, 5.74) is 0.649. The van der Waals surface area contributed by atoms with Crippen molar-refractivity contribution in [2.24, 2.45) is 0 Å². The molecule has 1 heterocycles. The van der Waals surface area contributed by atoms with Crippen LogP contribution in [0.3, 0.4) is 0 Å². The van der Waals surface area contributed by atoms with Crippen molar-refractivity contribution in [2.45, 2.75) is 18.6 Å². The van der Waals surface area contributed by atoms with Crippen LogP contribution in [-0.4, -0.2) is 44.7 Å². The van der Waals surface area contributed by atoms with Crippen molar-refractivity contribution in [1.29, 1.82) is 0 Å². The molecule has 1 atom stereocenters. The van der Waals surface area contributed by atoms with Gasteiger partial charge in [-0.1, -0.05) is 24.3 Å². The highest BCUT2D eigenvalue weighted by molar-refractivity contribution is 7.90. The molecule has 0 saturated carbocycles. The van der Waals surface area contributed by atoms with Crippen LogP contribution in [0.4, 0.5) is 17.6 Å². The minimum Gasteiger partial charge on any atom is -0.476 e. The van der Waals surface area contributed by atoms with Crippen LogP contribution in [-0.2, 0) is 16.4 Å². The number of hydrogen-bond donors (Lipinski definition) is 1. The molecule has 1 aromatic carbocycles. The zero-order valence-corrected chi connectivity index (χ0v) is 17.1. The highest BCUT2D eigenvalue weighted by Crippen LogP contribution is 2.35. The maximum atomic E-state index is 13.2. The molecule has 0 aliphatic rings. The Kier molecular flexibility index (Phi) is 9.31. The summed E-state index contributed by atoms with van der Waals surface area (Å²) in [6.45, 7) is 1.12. The minimum absolute atomic E-state index is 0. The van der Waals surface area contributed by atoms with Crippen molar-refractivity contribution in [3.05, 3.63) is 59.5 Å². The van der Waals surface area contributed by atoms with E-state index in [1.54, 1.807) is 0 Å². The number of pyridine rings is 1. The second-order valence-electron chi connectivity index (χ2n) is 6.27. The zero-order chi connectivity index (χ0) is 20.8. The van der Waals surface area contributed by atoms with Crippen LogP contribution >= 0.6 is 12.4 Å². The van der Waals surface area contributed by atoms with Gasteiger partial charge in [0, 0.05) is 25.4 Å². The van der Waals surface area contributed by atoms with Crippen LogP contribution in [0.5, 0.6) is 5.88 Å². The van der Waals surface area contributed by atoms with Crippen molar-refractivity contribution >= 4 is 22.2 Å². The first-order valence-electron chi connectivity index (χ1n) is 8.33. The van der Waals surface area contributed by atoms with Gasteiger partial charge in [0.2, 0.25) is 5.88 Å². The number of alkyl halides is 3. The molecule has 1 aromatic heterocycles. The number of rotatable bonds is 9. The molecule has 0 fully saturated rings. The lowest BCUT2D eigenvalue weighted by molar-refractivity contribution is -0.145. The normalized spacial score (nSPS) is 12.9. The van der Waals surface area contributed by atoms with E-state index in [1.807, 2.05) is 0 Å². The van der Waals surface area contributed by atoms with Gasteiger partial charge in [-0.3, -0.25) is 0 Å². The van der Waals surface area contributed by atoms with E-state index in [2.05, 4.69) is 10.3 Å². The van der Waals surface area contributed by atoms with Gasteiger partial charge >= 0.3 is 6.18 Å². The monoisotopic (exact) mass is 456 g/mol. The predicted octanol–water partition coefficient (Wildman–Crippen LogP) is 3.50. The second kappa shape index (κ2) is 10.7. The average molecular weight is 457 g/mol. The summed E-state index contributed by atoms with van der Waals surface area (Å²) >= 11 is 0. The molecular formula is C18H21ClF4N2O3S. The molecule has 5 nitrogen and oxygen atoms in total. The van der Waals surface area contributed by atoms with Crippen molar-refractivity contribution < 1.29 is 30.7 Å². The summed E-state index contributed by atoms with van der Waals surface area (Å²) in [7, 11) is -3.78. The van der Waals surface area contributed by atoms with Gasteiger partial charge in [-0.05, 0) is 17.2 Å². The Balaban J connectivity index is 0.00000420. The van der Waals surface area contributed by atoms with Crippen LogP contribution in [0.1, 0.15) is 17.0 Å². The number of halogens is 5. The first-order chi connectivity index (χ1) is 13.0. The Morgan fingerprint density at radius 1 is 1.14 bits per heavy atom. The Morgan fingerprint density at radius 3 is 2.31 bits per heavy atom. The first kappa shape index (κ1) is 25.1. The molecule has 162 valence electrons. The Bertz CT molecular complexity index is 860. The molecule has 0 saturated heterocycles. The third-order valence-corrected chi connectivity index (χ3v) is 4.74. The summed E-state index contributed by atoms with van der Waals surface area (Å²) in [6, 6.07) is 8.26. The standard InChI is InChI=1S/C18H20F4N2O3S.ClH/c1-28(25,26)12-16(18(20,21)22)14-4-2-13(3-5-14)10-23-8-9-27-17-7-6-15(19)11-24-17;/h2-7,11,16,23H,8-10,12H2,1H3;1H/t16-;/m0./s1. The molecule has 2 aromatic rings. The summed E-state index contributed by atoms with van der Waals surface area (Å²) in [4.78, 5) is 3.75. The molecule has 1 N–H and O–H groups in total. The van der Waals surface area contributed by atoms with Gasteiger partial charge in [-0.2, -0.15) is 13.2 Å². The van der Waals surface area contributed by atoms with E-state index >= 15 is 0 Å². The van der Waals surface area contributed by atoms with Crippen molar-refractivity contribution in [3.8, 4) is 5.88 Å². The molecule has 0 spiro atoms. The van der Waals surface area contributed by atoms with Gasteiger partial charge in [0.1, 0.15) is 22.3 Å². The fourth-order valence-electron chi connectivity index (χ4n) is 2.46. The molecule has 29 heavy (non-hydrogen) atoms. The SMILES string of the molecule is CS(=O)(=O)C[C@@H](c1ccc(CNCCOc2ccc(F)cn2)cc1)C(F)(F)F.Cl. The van der Waals surface area contributed by atoms with Crippen LogP contribution in [0.25, 0.3) is 0 Å². The molecule has 2 rings (SSSR count). The lowest BCUT2D eigenvalue weighted by atomic mass is 9.99. The molecule has 0 unspecified atom stereocenters. The molecular weight excluding hydrogens is 436 g/mol. The van der Waals surface area contributed by atoms with Crippen LogP contribution in [0.2, 0.25) is 0 Å². The third-order valence-electron chi connectivity index (χ3n) is 3.80. The summed E-state index contributed by atoms with van der Waals surface area (Å²) in [6.07, 6.45) is -2.82. The quantitative estimate of drug-likeness (QED) is 0.462. The van der Waals surface area contributed by atoms with Gasteiger partial charge < -0.3 is 10.1 Å². The maximum Gasteiger partial charge on any atom is 0.396 e. The third kappa shape index (κ3) is 8.97. The number of nitrogens with one attached hydrogen (secondary N) is 1. The van der Waals surface area contributed by atoms with E-state index in [4.69, 9.17) is 4.74 Å². The van der Waals surface area contributed by atoms with E-state index in [0.717, 1.165) is 18.0 Å². The van der Waals surface area contributed by atoms with E-state index in [1.165, 1.54) is 36.4 Å². The van der Waals surface area contributed by atoms with Crippen LogP contribution in [0.15, 0.2) is 42.6 Å². The van der Waals surface area contributed by atoms with Crippen LogP contribution in [0, 0.1) is 5.82 Å². The lowest BCUT2D eigenvalue weighted by Gasteiger charge is -2.20. The fourth-order valence-corrected chi connectivity index (χ4v) is 3.45. The van der Waals surface area contributed by atoms with Gasteiger partial charge in [-0.15, -0.1) is 12.4 Å². The Labute approximate surface area is 172 Å². The highest BCUT2D eigenvalue weighted by atomic mass is 35.5. The largest absolute Gasteiger partial charge is 0.476 e. The second-order valence-corrected chi connectivity index (χ2v) is 8.45. The zero-order valence-electron chi connectivity index (χ0n) is 15.4. The topological polar surface area (TPSA) is 68.3 Å². The first-order valence-corrected chi connectivity index (χ1v) is 10.4. The number of hydrogen-bond acceptors (Lipinski definition) is 5. The lowest BCUT2D eigenvalue weighted by Crippen LogP contribution is -2.27. The van der Waals surface area contributed by atoms with E-state index in [9.17, 15) is 26.0 Å². The summed E-state index contributed by atoms with van der Waals surface area (Å²) < 4.78 is 80.2. The highest BCUT2D eigenvalue weighted by Gasteiger charge is 2.42. The summed E-state index contributed by atoms with van der Waals surface area (Å²) in [5, 5.41) is 3.06. The number of sulfone groups is 1. The molecule has 0 aliphatic carbocycles. The number of aromatic nitrogens is 1. The van der Waals surface area contributed by atoms with E-state index in [-0.39, 0.29) is 30.5 Å². The average Bonchev–Trinajstić information content (AvgIpc) is 2.60. The minimum atomic E-state index is -4.64. The van der Waals surface area contributed by atoms with Gasteiger partial charge in [0.25, 0.3) is 0 Å². The van der Waals surface area contributed by atoms with Crippen molar-refractivity contribution in [2.75, 3.05) is 25.2 Å². The van der Waals surface area contributed by atoms with E-state index < -0.39 is 33.5 Å². The molecule has 0 bridgehead atoms. The smallest absolute Gasteiger partial charge is 0.396 e. The Morgan fingerprint density at radius 2 is 1.79 bits per heavy atom. The van der Waals surface area contributed by atoms with Gasteiger partial charge in [0.15, 0.2) is 0 Å². The molecule has 11 heteroatoms. The fraction of sp³-hybridized carbons (Fsp3) is 0.389. The maximum absolute atomic E-state index is 13.2. The van der Waals surface area contributed by atoms with Crippen molar-refractivity contribution in [1.82, 2.24) is 10.3 Å². The van der Waals surface area contributed by atoms with Crippen LogP contribution < -0.4 is 10.1 Å². The van der Waals surface area contributed by atoms with E-state index in [0.29, 0.717) is 13.1 Å². The Hall–Kier alpha value is -1.91. The van der Waals surface area contributed by atoms with Gasteiger partial charge in [0.05, 0.1) is 17.9 Å². The van der Waals surface area contributed by atoms with Gasteiger partial charge in [-0.25, -0.2) is 17.8 Å². The molecule has 0 radical (unpaired) electrons. The number of ether oxygens (including phenoxy) is 1. The summed E-state index contributed by atoms with van der Waals surface area (Å²) in [5.74, 6) is -3.21. The predicted molar refractivity (Wildman–Crippen MR) is 104 cm³/mol.